The summed E-state index contributed by atoms with van der Waals surface area (Å²) in [6.45, 7) is 0.861. The minimum atomic E-state index is -0.662. The molecule has 2 heterocycles. The zero-order valence-corrected chi connectivity index (χ0v) is 9.93. The predicted molar refractivity (Wildman–Crippen MR) is 63.2 cm³/mol. The van der Waals surface area contributed by atoms with Crippen LogP contribution in [0, 0.1) is 0 Å². The number of rotatable bonds is 3. The maximum atomic E-state index is 12.0. The molecule has 1 saturated heterocycles. The highest BCUT2D eigenvalue weighted by Crippen LogP contribution is 2.22. The first kappa shape index (κ1) is 12.8. The Morgan fingerprint density at radius 1 is 1.50 bits per heavy atom. The number of aromatic nitrogens is 1. The molecule has 1 aromatic heterocycles. The van der Waals surface area contributed by atoms with Gasteiger partial charge in [0.05, 0.1) is 23.9 Å². The first-order valence-electron chi connectivity index (χ1n) is 5.81. The second-order valence-electron chi connectivity index (χ2n) is 4.40. The lowest BCUT2D eigenvalue weighted by molar-refractivity contribution is 0.0125. The highest BCUT2D eigenvalue weighted by atomic mass is 16.5. The average molecular weight is 252 g/mol. The van der Waals surface area contributed by atoms with Gasteiger partial charge in [-0.3, -0.25) is 9.78 Å². The minimum Gasteiger partial charge on any atom is -0.505 e. The van der Waals surface area contributed by atoms with E-state index in [1.807, 2.05) is 0 Å². The van der Waals surface area contributed by atoms with E-state index in [0.29, 0.717) is 26.1 Å². The molecule has 1 aliphatic rings. The van der Waals surface area contributed by atoms with E-state index in [9.17, 15) is 15.0 Å². The molecule has 1 amide bonds. The van der Waals surface area contributed by atoms with Gasteiger partial charge in [-0.2, -0.15) is 0 Å². The molecular formula is C12H16N2O4. The first-order valence-corrected chi connectivity index (χ1v) is 5.81. The van der Waals surface area contributed by atoms with Crippen molar-refractivity contribution in [3.05, 3.63) is 24.0 Å². The first-order chi connectivity index (χ1) is 8.67. The number of aliphatic hydroxyl groups is 1. The number of carbonyl (C=O) groups is 1. The van der Waals surface area contributed by atoms with Crippen LogP contribution in [0.2, 0.25) is 0 Å². The van der Waals surface area contributed by atoms with E-state index >= 15 is 0 Å². The van der Waals surface area contributed by atoms with Gasteiger partial charge in [-0.15, -0.1) is 0 Å². The van der Waals surface area contributed by atoms with Gasteiger partial charge in [-0.1, -0.05) is 0 Å². The number of ether oxygens (including phenoxy) is 1. The van der Waals surface area contributed by atoms with Crippen molar-refractivity contribution >= 4 is 5.91 Å². The third-order valence-electron chi connectivity index (χ3n) is 3.18. The summed E-state index contributed by atoms with van der Waals surface area (Å²) in [5.74, 6) is -0.582. The number of amides is 1. The maximum absolute atomic E-state index is 12.0. The van der Waals surface area contributed by atoms with Crippen LogP contribution < -0.4 is 5.32 Å². The van der Waals surface area contributed by atoms with E-state index < -0.39 is 11.4 Å². The number of pyridine rings is 1. The van der Waals surface area contributed by atoms with Crippen molar-refractivity contribution in [2.24, 2.45) is 0 Å². The van der Waals surface area contributed by atoms with E-state index in [0.717, 1.165) is 0 Å². The summed E-state index contributed by atoms with van der Waals surface area (Å²) >= 11 is 0. The summed E-state index contributed by atoms with van der Waals surface area (Å²) in [6.07, 6.45) is 3.76. The molecule has 6 nitrogen and oxygen atoms in total. The van der Waals surface area contributed by atoms with Gasteiger partial charge in [0.2, 0.25) is 0 Å². The topological polar surface area (TPSA) is 91.7 Å². The minimum absolute atomic E-state index is 0.145. The quantitative estimate of drug-likeness (QED) is 0.707. The van der Waals surface area contributed by atoms with Crippen molar-refractivity contribution < 1.29 is 19.7 Å². The zero-order chi connectivity index (χ0) is 13.0. The molecule has 0 atom stereocenters. The van der Waals surface area contributed by atoms with Crippen LogP contribution in [0.3, 0.4) is 0 Å². The maximum Gasteiger partial charge on any atom is 0.255 e. The third kappa shape index (κ3) is 2.60. The summed E-state index contributed by atoms with van der Waals surface area (Å²) in [7, 11) is 0. The normalized spacial score (nSPS) is 18.3. The molecule has 18 heavy (non-hydrogen) atoms. The van der Waals surface area contributed by atoms with Gasteiger partial charge in [0.15, 0.2) is 0 Å². The summed E-state index contributed by atoms with van der Waals surface area (Å²) in [4.78, 5) is 15.8. The van der Waals surface area contributed by atoms with Gasteiger partial charge in [0.25, 0.3) is 5.91 Å². The van der Waals surface area contributed by atoms with Gasteiger partial charge < -0.3 is 20.3 Å². The van der Waals surface area contributed by atoms with Gasteiger partial charge in [0, 0.05) is 19.4 Å². The van der Waals surface area contributed by atoms with Crippen LogP contribution in [0.4, 0.5) is 0 Å². The van der Waals surface area contributed by atoms with Crippen LogP contribution >= 0.6 is 0 Å². The second-order valence-corrected chi connectivity index (χ2v) is 4.40. The molecule has 0 bridgehead atoms. The van der Waals surface area contributed by atoms with E-state index in [2.05, 4.69) is 10.3 Å². The molecule has 1 aliphatic heterocycles. The van der Waals surface area contributed by atoms with E-state index in [-0.39, 0.29) is 17.9 Å². The molecule has 6 heteroatoms. The molecule has 98 valence electrons. The summed E-state index contributed by atoms with van der Waals surface area (Å²) in [5.41, 5.74) is -0.505. The fourth-order valence-corrected chi connectivity index (χ4v) is 1.97. The van der Waals surface area contributed by atoms with Crippen LogP contribution in [0.25, 0.3) is 0 Å². The van der Waals surface area contributed by atoms with E-state index in [1.165, 1.54) is 18.5 Å². The Labute approximate surface area is 105 Å². The Kier molecular flexibility index (Phi) is 3.78. The van der Waals surface area contributed by atoms with Crippen molar-refractivity contribution in [2.75, 3.05) is 19.8 Å². The van der Waals surface area contributed by atoms with Crippen molar-refractivity contribution in [3.8, 4) is 5.75 Å². The molecular weight excluding hydrogens is 236 g/mol. The molecule has 1 fully saturated rings. The monoisotopic (exact) mass is 252 g/mol. The van der Waals surface area contributed by atoms with Crippen LogP contribution in [0.1, 0.15) is 23.2 Å². The van der Waals surface area contributed by atoms with Gasteiger partial charge in [-0.25, -0.2) is 0 Å². The lowest BCUT2D eigenvalue weighted by atomic mass is 9.90. The number of aromatic hydroxyl groups is 1. The van der Waals surface area contributed by atoms with Crippen molar-refractivity contribution in [2.45, 2.75) is 18.4 Å². The van der Waals surface area contributed by atoms with Gasteiger partial charge in [-0.05, 0) is 18.9 Å². The number of carbonyl (C=O) groups excluding carboxylic acids is 1. The summed E-state index contributed by atoms with van der Waals surface area (Å²) < 4.78 is 5.22. The fourth-order valence-electron chi connectivity index (χ4n) is 1.97. The molecule has 0 aliphatic carbocycles. The van der Waals surface area contributed by atoms with E-state index in [1.54, 1.807) is 0 Å². The van der Waals surface area contributed by atoms with Crippen LogP contribution in [-0.4, -0.2) is 46.5 Å². The Bertz CT molecular complexity index is 430. The van der Waals surface area contributed by atoms with Crippen LogP contribution in [0.5, 0.6) is 5.75 Å². The molecule has 3 N–H and O–H groups in total. The Hall–Kier alpha value is -1.66. The third-order valence-corrected chi connectivity index (χ3v) is 3.18. The smallest absolute Gasteiger partial charge is 0.255 e. The van der Waals surface area contributed by atoms with Crippen molar-refractivity contribution in [1.82, 2.24) is 10.3 Å². The van der Waals surface area contributed by atoms with Crippen LogP contribution in [-0.2, 0) is 4.74 Å². The van der Waals surface area contributed by atoms with Crippen molar-refractivity contribution in [3.63, 3.8) is 0 Å². The molecule has 0 saturated carbocycles. The summed E-state index contributed by atoms with van der Waals surface area (Å²) in [5, 5.41) is 21.8. The standard InChI is InChI=1S/C12H16N2O4/c15-8-12(2-5-18-6-3-12)14-11(17)9-1-4-13-7-10(9)16/h1,4,7,15-16H,2-3,5-6,8H2,(H,14,17). The highest BCUT2D eigenvalue weighted by molar-refractivity contribution is 5.97. The van der Waals surface area contributed by atoms with Gasteiger partial charge >= 0.3 is 0 Å². The number of nitrogens with one attached hydrogen (secondary N) is 1. The Morgan fingerprint density at radius 3 is 2.83 bits per heavy atom. The molecule has 1 aromatic rings. The SMILES string of the molecule is O=C(NC1(CO)CCOCC1)c1ccncc1O. The van der Waals surface area contributed by atoms with Crippen LogP contribution in [0.15, 0.2) is 18.5 Å². The zero-order valence-electron chi connectivity index (χ0n) is 9.93. The number of hydrogen-bond donors (Lipinski definition) is 3. The Morgan fingerprint density at radius 2 is 2.22 bits per heavy atom. The van der Waals surface area contributed by atoms with E-state index in [4.69, 9.17) is 4.74 Å². The van der Waals surface area contributed by atoms with Crippen molar-refractivity contribution in [1.29, 1.82) is 0 Å². The average Bonchev–Trinajstić information content (AvgIpc) is 2.40. The lowest BCUT2D eigenvalue weighted by Crippen LogP contribution is -2.54. The molecule has 2 rings (SSSR count). The molecule has 0 aromatic carbocycles. The molecule has 0 unspecified atom stereocenters. The summed E-state index contributed by atoms with van der Waals surface area (Å²) in [6, 6.07) is 1.44. The Balaban J connectivity index is 2.13. The number of aliphatic hydroxyl groups excluding tert-OH is 1. The second kappa shape index (κ2) is 5.32. The number of hydrogen-bond acceptors (Lipinski definition) is 5. The highest BCUT2D eigenvalue weighted by Gasteiger charge is 2.34. The predicted octanol–water partition coefficient (Wildman–Crippen LogP) is 0.0585. The fraction of sp³-hybridized carbons (Fsp3) is 0.500. The molecule has 0 radical (unpaired) electrons. The number of nitrogens with zero attached hydrogens (tertiary/aromatic N) is 1. The molecule has 0 spiro atoms. The van der Waals surface area contributed by atoms with Gasteiger partial charge in [0.1, 0.15) is 5.75 Å². The largest absolute Gasteiger partial charge is 0.505 e. The lowest BCUT2D eigenvalue weighted by Gasteiger charge is -2.36.